The first-order valence-corrected chi connectivity index (χ1v) is 6.71. The predicted molar refractivity (Wildman–Crippen MR) is 82.6 cm³/mol. The summed E-state index contributed by atoms with van der Waals surface area (Å²) in [5.41, 5.74) is 9.54. The minimum atomic E-state index is -0.939. The number of nitrogens with two attached hydrogens (primary N) is 1. The standard InChI is InChI=1S/C14H11N5O5/c15-14(18-19(21)22)17-16-6-10-2-4-12(24-10)8-1-3-11-9(5-8)7-23-13(11)20/h1-6H,7H2,(H3,15,17,18)/b16-6-. The van der Waals surface area contributed by atoms with Crippen molar-refractivity contribution in [2.45, 2.75) is 6.61 Å². The maximum Gasteiger partial charge on any atom is 0.338 e. The molecule has 1 aliphatic rings. The number of carbonyl (C=O) groups is 1. The van der Waals surface area contributed by atoms with Gasteiger partial charge in [0.25, 0.3) is 5.96 Å². The van der Waals surface area contributed by atoms with Gasteiger partial charge in [-0.1, -0.05) is 6.07 Å². The van der Waals surface area contributed by atoms with Crippen molar-refractivity contribution in [3.63, 3.8) is 0 Å². The highest BCUT2D eigenvalue weighted by Crippen LogP contribution is 2.27. The first-order chi connectivity index (χ1) is 11.5. The molecule has 24 heavy (non-hydrogen) atoms. The number of carbonyl (C=O) groups excluding carboxylic acids is 1. The van der Waals surface area contributed by atoms with Crippen LogP contribution in [0.25, 0.3) is 11.3 Å². The molecule has 3 rings (SSSR count). The number of hydrazone groups is 2. The number of furan rings is 1. The van der Waals surface area contributed by atoms with Crippen LogP contribution in [0.15, 0.2) is 45.0 Å². The summed E-state index contributed by atoms with van der Waals surface area (Å²) in [5, 5.41) is 15.7. The molecule has 0 atom stereocenters. The van der Waals surface area contributed by atoms with Crippen molar-refractivity contribution >= 4 is 18.1 Å². The molecule has 0 aliphatic carbocycles. The van der Waals surface area contributed by atoms with E-state index >= 15 is 0 Å². The summed E-state index contributed by atoms with van der Waals surface area (Å²) in [4.78, 5) is 21.5. The molecule has 1 aliphatic heterocycles. The average Bonchev–Trinajstić information content (AvgIpc) is 3.14. The number of fused-ring (bicyclic) bond motifs is 1. The second-order valence-corrected chi connectivity index (χ2v) is 4.74. The molecule has 1 aromatic carbocycles. The van der Waals surface area contributed by atoms with Gasteiger partial charge in [-0.05, 0) is 24.3 Å². The number of guanidine groups is 1. The summed E-state index contributed by atoms with van der Waals surface area (Å²) in [5.74, 6) is 0.194. The molecule has 0 spiro atoms. The zero-order chi connectivity index (χ0) is 17.1. The van der Waals surface area contributed by atoms with Crippen molar-refractivity contribution in [3.05, 3.63) is 57.3 Å². The molecule has 0 radical (unpaired) electrons. The van der Waals surface area contributed by atoms with E-state index in [0.717, 1.165) is 11.1 Å². The van der Waals surface area contributed by atoms with E-state index < -0.39 is 11.0 Å². The molecule has 10 nitrogen and oxygen atoms in total. The lowest BCUT2D eigenvalue weighted by Gasteiger charge is -1.99. The minimum absolute atomic E-state index is 0.246. The van der Waals surface area contributed by atoms with Gasteiger partial charge in [-0.2, -0.15) is 5.10 Å². The first-order valence-electron chi connectivity index (χ1n) is 6.71. The van der Waals surface area contributed by atoms with Crippen LogP contribution in [0.5, 0.6) is 0 Å². The number of esters is 1. The van der Waals surface area contributed by atoms with Crippen molar-refractivity contribution in [3.8, 4) is 11.3 Å². The fourth-order valence-electron chi connectivity index (χ4n) is 2.14. The number of rotatable bonds is 4. The zero-order valence-electron chi connectivity index (χ0n) is 12.1. The summed E-state index contributed by atoms with van der Waals surface area (Å²) in [7, 11) is 0. The lowest BCUT2D eigenvalue weighted by atomic mass is 10.0. The van der Waals surface area contributed by atoms with E-state index in [0.29, 0.717) is 17.1 Å². The van der Waals surface area contributed by atoms with Crippen LogP contribution in [0.2, 0.25) is 0 Å². The molecule has 2 aromatic rings. The van der Waals surface area contributed by atoms with Gasteiger partial charge in [-0.3, -0.25) is 0 Å². The second-order valence-electron chi connectivity index (χ2n) is 4.74. The molecular weight excluding hydrogens is 318 g/mol. The van der Waals surface area contributed by atoms with Gasteiger partial charge in [0.05, 0.1) is 11.8 Å². The molecular formula is C14H11N5O5. The van der Waals surface area contributed by atoms with Crippen molar-refractivity contribution in [1.29, 1.82) is 0 Å². The smallest absolute Gasteiger partial charge is 0.338 e. The largest absolute Gasteiger partial charge is 0.457 e. The number of nitro groups is 1. The van der Waals surface area contributed by atoms with Gasteiger partial charge in [0.1, 0.15) is 23.2 Å². The number of nitrogens with zero attached hydrogens (tertiary/aromatic N) is 3. The van der Waals surface area contributed by atoms with Gasteiger partial charge < -0.3 is 14.9 Å². The van der Waals surface area contributed by atoms with Gasteiger partial charge in [-0.25, -0.2) is 20.3 Å². The van der Waals surface area contributed by atoms with Gasteiger partial charge in [0.2, 0.25) is 0 Å². The van der Waals surface area contributed by atoms with Crippen molar-refractivity contribution in [2.75, 3.05) is 0 Å². The summed E-state index contributed by atoms with van der Waals surface area (Å²) in [6.45, 7) is 0.246. The van der Waals surface area contributed by atoms with Gasteiger partial charge in [0.15, 0.2) is 5.03 Å². The highest BCUT2D eigenvalue weighted by molar-refractivity contribution is 5.94. The molecule has 0 saturated carbocycles. The van der Waals surface area contributed by atoms with Gasteiger partial charge in [0, 0.05) is 11.1 Å². The Morgan fingerprint density at radius 1 is 1.38 bits per heavy atom. The normalized spacial score (nSPS) is 13.8. The van der Waals surface area contributed by atoms with Crippen LogP contribution >= 0.6 is 0 Å². The Morgan fingerprint density at radius 2 is 2.21 bits per heavy atom. The molecule has 2 heterocycles. The van der Waals surface area contributed by atoms with Crippen LogP contribution in [0, 0.1) is 10.1 Å². The molecule has 10 heteroatoms. The Balaban J connectivity index is 1.72. The number of cyclic esters (lactones) is 1. The van der Waals surface area contributed by atoms with E-state index in [9.17, 15) is 14.9 Å². The van der Waals surface area contributed by atoms with Crippen molar-refractivity contribution < 1.29 is 19.0 Å². The Labute approximate surface area is 134 Å². The third kappa shape index (κ3) is 3.21. The fraction of sp³-hybridized carbons (Fsp3) is 0.0714. The topological polar surface area (TPSA) is 145 Å². The van der Waals surface area contributed by atoms with Gasteiger partial charge in [-0.15, -0.1) is 0 Å². The summed E-state index contributed by atoms with van der Waals surface area (Å²) in [6, 6.07) is 8.66. The Morgan fingerprint density at radius 3 is 3.00 bits per heavy atom. The minimum Gasteiger partial charge on any atom is -0.457 e. The molecule has 0 saturated heterocycles. The number of benzene rings is 1. The van der Waals surface area contributed by atoms with Crippen LogP contribution in [-0.4, -0.2) is 23.2 Å². The first kappa shape index (κ1) is 15.2. The molecule has 0 unspecified atom stereocenters. The molecule has 122 valence electrons. The maximum atomic E-state index is 11.4. The quantitative estimate of drug-likeness (QED) is 0.280. The third-order valence-corrected chi connectivity index (χ3v) is 3.16. The average molecular weight is 329 g/mol. The van der Waals surface area contributed by atoms with E-state index in [1.54, 1.807) is 24.3 Å². The van der Waals surface area contributed by atoms with Crippen molar-refractivity contribution in [2.24, 2.45) is 15.9 Å². The number of ether oxygens (including phenoxy) is 1. The van der Waals surface area contributed by atoms with Crippen LogP contribution in [0.1, 0.15) is 21.7 Å². The Kier molecular flexibility index (Phi) is 3.93. The van der Waals surface area contributed by atoms with E-state index in [1.807, 2.05) is 6.07 Å². The molecule has 0 amide bonds. The van der Waals surface area contributed by atoms with E-state index in [2.05, 4.69) is 15.6 Å². The lowest BCUT2D eigenvalue weighted by Crippen LogP contribution is -2.28. The summed E-state index contributed by atoms with van der Waals surface area (Å²) in [6.07, 6.45) is 1.30. The molecule has 0 fully saturated rings. The third-order valence-electron chi connectivity index (χ3n) is 3.16. The van der Waals surface area contributed by atoms with E-state index in [1.165, 1.54) is 6.21 Å². The highest BCUT2D eigenvalue weighted by atomic mass is 16.7. The predicted octanol–water partition coefficient (Wildman–Crippen LogP) is 1.05. The van der Waals surface area contributed by atoms with E-state index in [-0.39, 0.29) is 12.6 Å². The van der Waals surface area contributed by atoms with Crippen LogP contribution in [0.4, 0.5) is 0 Å². The Bertz CT molecular complexity index is 870. The monoisotopic (exact) mass is 329 g/mol. The number of hydrogen-bond acceptors (Lipinski definition) is 6. The van der Waals surface area contributed by atoms with Crippen LogP contribution in [-0.2, 0) is 11.3 Å². The molecule has 1 aromatic heterocycles. The summed E-state index contributed by atoms with van der Waals surface area (Å²) < 4.78 is 10.5. The van der Waals surface area contributed by atoms with E-state index in [4.69, 9.17) is 14.9 Å². The van der Waals surface area contributed by atoms with Crippen LogP contribution < -0.4 is 11.2 Å². The molecule has 0 bridgehead atoms. The van der Waals surface area contributed by atoms with Crippen molar-refractivity contribution in [1.82, 2.24) is 5.43 Å². The SMILES string of the molecule is N/C(=N\[N+](=O)[O-])N/N=C\c1ccc(-c2ccc3c(c2)COC3=O)o1. The Hall–Kier alpha value is -3.69. The highest BCUT2D eigenvalue weighted by Gasteiger charge is 2.21. The lowest BCUT2D eigenvalue weighted by molar-refractivity contribution is -0.485. The second kappa shape index (κ2) is 6.20. The molecule has 3 N–H and O–H groups in total. The maximum absolute atomic E-state index is 11.4. The zero-order valence-corrected chi connectivity index (χ0v) is 12.1. The van der Waals surface area contributed by atoms with Crippen LogP contribution in [0.3, 0.4) is 0 Å². The fourth-order valence-corrected chi connectivity index (χ4v) is 2.14. The van der Waals surface area contributed by atoms with Gasteiger partial charge >= 0.3 is 5.97 Å². The summed E-state index contributed by atoms with van der Waals surface area (Å²) >= 11 is 0. The number of nitrogens with one attached hydrogen (secondary N) is 1. The number of hydrogen-bond donors (Lipinski definition) is 2.